The molecule has 1 aliphatic heterocycles. The molecular weight excluding hydrogens is 784 g/mol. The first-order chi connectivity index (χ1) is 28.9. The molecule has 1 N–H and O–H groups in total. The Morgan fingerprint density at radius 2 is 1.58 bits per heavy atom. The molecule has 0 spiro atoms. The van der Waals surface area contributed by atoms with Crippen LogP contribution >= 0.6 is 8.53 Å². The lowest BCUT2D eigenvalue weighted by molar-refractivity contribution is -0.0912. The summed E-state index contributed by atoms with van der Waals surface area (Å²) < 4.78 is 42.8. The summed E-state index contributed by atoms with van der Waals surface area (Å²) in [4.78, 5) is 31.2. The second-order valence-electron chi connectivity index (χ2n) is 15.1. The van der Waals surface area contributed by atoms with Gasteiger partial charge in [-0.15, -0.1) is 0 Å². The average Bonchev–Trinajstić information content (AvgIpc) is 3.85. The van der Waals surface area contributed by atoms with Gasteiger partial charge in [0.1, 0.15) is 35.3 Å². The summed E-state index contributed by atoms with van der Waals surface area (Å²) in [5.41, 5.74) is 1.68. The van der Waals surface area contributed by atoms with Gasteiger partial charge in [-0.1, -0.05) is 54.6 Å². The van der Waals surface area contributed by atoms with Gasteiger partial charge in [-0.05, 0) is 75.6 Å². The molecule has 1 saturated heterocycles. The van der Waals surface area contributed by atoms with E-state index in [9.17, 15) is 10.1 Å². The van der Waals surface area contributed by atoms with Crippen molar-refractivity contribution in [2.24, 2.45) is 4.99 Å². The van der Waals surface area contributed by atoms with E-state index in [1.807, 2.05) is 105 Å². The monoisotopic (exact) mass is 838 g/mol. The van der Waals surface area contributed by atoms with E-state index in [2.05, 4.69) is 58.4 Å². The van der Waals surface area contributed by atoms with Gasteiger partial charge in [0.25, 0.3) is 8.53 Å². The van der Waals surface area contributed by atoms with E-state index in [1.165, 1.54) is 0 Å². The van der Waals surface area contributed by atoms with Gasteiger partial charge in [0.2, 0.25) is 0 Å². The first-order valence-electron chi connectivity index (χ1n) is 20.0. The smallest absolute Gasteiger partial charge is 0.348 e. The van der Waals surface area contributed by atoms with Crippen molar-refractivity contribution in [1.29, 1.82) is 5.26 Å². The lowest BCUT2D eigenvalue weighted by atomic mass is 9.80. The van der Waals surface area contributed by atoms with Crippen LogP contribution in [-0.4, -0.2) is 101 Å². The van der Waals surface area contributed by atoms with Crippen LogP contribution in [-0.2, 0) is 24.1 Å². The number of H-pyrrole nitrogens is 1. The number of nitriles is 1. The maximum absolute atomic E-state index is 13.0. The van der Waals surface area contributed by atoms with E-state index < -0.39 is 38.3 Å². The van der Waals surface area contributed by atoms with Crippen molar-refractivity contribution in [3.05, 3.63) is 112 Å². The molecule has 0 saturated carbocycles. The fourth-order valence-corrected chi connectivity index (χ4v) is 9.05. The number of methoxy groups -OCH3 is 2. The molecule has 0 bridgehead atoms. The minimum Gasteiger partial charge on any atom is -0.497 e. The van der Waals surface area contributed by atoms with Crippen LogP contribution in [0.15, 0.2) is 95.0 Å². The second kappa shape index (κ2) is 19.9. The molecule has 1 unspecified atom stereocenters. The minimum absolute atomic E-state index is 0.0665. The molecule has 3 heterocycles. The number of hydrogen-bond acceptors (Lipinski definition) is 12. The quantitative estimate of drug-likeness (QED) is 0.0301. The highest BCUT2D eigenvalue weighted by Gasteiger charge is 2.45. The number of benzene rings is 3. The van der Waals surface area contributed by atoms with E-state index in [1.54, 1.807) is 25.1 Å². The number of aliphatic imine (C=N–C) groups is 1. The zero-order valence-electron chi connectivity index (χ0n) is 35.7. The van der Waals surface area contributed by atoms with Gasteiger partial charge in [0.05, 0.1) is 52.4 Å². The van der Waals surface area contributed by atoms with Gasteiger partial charge in [0, 0.05) is 32.6 Å². The van der Waals surface area contributed by atoms with Crippen molar-refractivity contribution in [1.82, 2.24) is 29.1 Å². The summed E-state index contributed by atoms with van der Waals surface area (Å²) in [7, 11) is 5.35. The summed E-state index contributed by atoms with van der Waals surface area (Å²) in [6.07, 6.45) is 0.279. The Bertz CT molecular complexity index is 2240. The number of rotatable bonds is 18. The molecule has 3 aromatic carbocycles. The van der Waals surface area contributed by atoms with Crippen molar-refractivity contribution < 1.29 is 28.0 Å². The number of nitrogens with one attached hydrogen (secondary N) is 1. The predicted molar refractivity (Wildman–Crippen MR) is 231 cm³/mol. The second-order valence-corrected chi connectivity index (χ2v) is 16.5. The van der Waals surface area contributed by atoms with Crippen LogP contribution < -0.4 is 15.2 Å². The summed E-state index contributed by atoms with van der Waals surface area (Å²) in [6, 6.07) is 28.1. The molecule has 6 rings (SSSR count). The SMILES string of the molecule is COc1ccc(C(OC[C@H]2O[C@@H](n3cnc4c(/N=C(\C)N(C)C)[nH]c(=O)nc43)C[C@@H]2OP(OCCC#N)N(C(C)C)C(C)C)(c2ccccc2)c2ccc(OC)cc2)cc1. The van der Waals surface area contributed by atoms with Crippen LogP contribution in [0.3, 0.4) is 0 Å². The highest BCUT2D eigenvalue weighted by Crippen LogP contribution is 2.51. The van der Waals surface area contributed by atoms with E-state index in [4.69, 9.17) is 28.0 Å². The molecule has 15 nitrogen and oxygen atoms in total. The molecule has 1 fully saturated rings. The van der Waals surface area contributed by atoms with Crippen LogP contribution in [0.2, 0.25) is 0 Å². The molecule has 0 aliphatic carbocycles. The van der Waals surface area contributed by atoms with E-state index in [0.717, 1.165) is 16.7 Å². The normalized spacial score (nSPS) is 17.7. The fourth-order valence-electron chi connectivity index (χ4n) is 7.29. The highest BCUT2D eigenvalue weighted by atomic mass is 31.2. The summed E-state index contributed by atoms with van der Waals surface area (Å²) in [5, 5.41) is 9.41. The first-order valence-corrected chi connectivity index (χ1v) is 21.1. The van der Waals surface area contributed by atoms with Gasteiger partial charge in [-0.2, -0.15) is 10.2 Å². The topological polar surface area (TPSA) is 162 Å². The Labute approximate surface area is 352 Å². The average molecular weight is 839 g/mol. The van der Waals surface area contributed by atoms with Crippen molar-refractivity contribution in [3.8, 4) is 17.6 Å². The van der Waals surface area contributed by atoms with Crippen LogP contribution in [0.25, 0.3) is 11.2 Å². The number of aromatic amines is 1. The Kier molecular flexibility index (Phi) is 14.7. The van der Waals surface area contributed by atoms with Crippen LogP contribution in [0, 0.1) is 11.3 Å². The number of amidine groups is 1. The van der Waals surface area contributed by atoms with E-state index in [-0.39, 0.29) is 31.7 Å². The van der Waals surface area contributed by atoms with Gasteiger partial charge in [0.15, 0.2) is 17.0 Å². The molecular formula is C44H55N8O7P. The number of ether oxygens (including phenoxy) is 4. The molecule has 60 heavy (non-hydrogen) atoms. The Morgan fingerprint density at radius 3 is 2.13 bits per heavy atom. The summed E-state index contributed by atoms with van der Waals surface area (Å²) >= 11 is 0. The number of hydrogen-bond donors (Lipinski definition) is 1. The van der Waals surface area contributed by atoms with E-state index >= 15 is 0 Å². The maximum Gasteiger partial charge on any atom is 0.348 e. The molecule has 318 valence electrons. The molecule has 2 aromatic heterocycles. The summed E-state index contributed by atoms with van der Waals surface area (Å²) in [5.74, 6) is 2.39. The van der Waals surface area contributed by atoms with Crippen LogP contribution in [0.5, 0.6) is 11.5 Å². The van der Waals surface area contributed by atoms with Gasteiger partial charge >= 0.3 is 5.69 Å². The Hall–Kier alpha value is -5.20. The number of aromatic nitrogens is 4. The third-order valence-corrected chi connectivity index (χ3v) is 12.5. The van der Waals surface area contributed by atoms with Gasteiger partial charge in [-0.25, -0.2) is 19.4 Å². The third kappa shape index (κ3) is 9.71. The molecule has 1 aliphatic rings. The summed E-state index contributed by atoms with van der Waals surface area (Å²) in [6.45, 7) is 10.5. The lowest BCUT2D eigenvalue weighted by Gasteiger charge is -2.39. The Balaban J connectivity index is 1.46. The number of fused-ring (bicyclic) bond motifs is 1. The van der Waals surface area contributed by atoms with Crippen molar-refractivity contribution in [2.75, 3.05) is 41.5 Å². The number of imidazole rings is 1. The van der Waals surface area contributed by atoms with Crippen LogP contribution in [0.4, 0.5) is 5.82 Å². The molecule has 0 amide bonds. The molecule has 5 aromatic rings. The third-order valence-electron chi connectivity index (χ3n) is 10.4. The zero-order chi connectivity index (χ0) is 43.0. The first kappa shape index (κ1) is 44.4. The standard InChI is InChI=1S/C44H55N8O7P/c1-29(2)52(30(3)4)60(57-25-13-24-45)59-37-26-39(51-28-46-40-41(47-31(5)50(6)7)48-43(53)49-42(40)51)58-38(37)27-56-44(32-14-11-10-12-15-32,33-16-20-35(54-8)21-17-33)34-18-22-36(55-9)23-19-34/h10-12,14-23,28-30,37-39H,13,25-27H2,1-9H3,(H,48,49,53)/b47-31+/t37-,38+,39+,60?/m0/s1. The maximum atomic E-state index is 13.0. The Morgan fingerprint density at radius 1 is 0.983 bits per heavy atom. The van der Waals surface area contributed by atoms with Crippen molar-refractivity contribution in [2.45, 2.75) is 83.6 Å². The largest absolute Gasteiger partial charge is 0.497 e. The van der Waals surface area contributed by atoms with Gasteiger partial charge in [-0.3, -0.25) is 9.55 Å². The zero-order valence-corrected chi connectivity index (χ0v) is 36.6. The van der Waals surface area contributed by atoms with Crippen molar-refractivity contribution >= 4 is 31.3 Å². The lowest BCUT2D eigenvalue weighted by Crippen LogP contribution is -2.39. The van der Waals surface area contributed by atoms with Crippen LogP contribution in [0.1, 0.15) is 70.4 Å². The highest BCUT2D eigenvalue weighted by molar-refractivity contribution is 7.44. The number of nitrogens with zero attached hydrogens (tertiary/aromatic N) is 7. The van der Waals surface area contributed by atoms with E-state index in [0.29, 0.717) is 40.7 Å². The minimum atomic E-state index is -1.67. The fraction of sp³-hybridized carbons (Fsp3) is 0.432. The predicted octanol–water partition coefficient (Wildman–Crippen LogP) is 7.71. The van der Waals surface area contributed by atoms with Gasteiger partial charge < -0.3 is 32.9 Å². The van der Waals surface area contributed by atoms with Crippen molar-refractivity contribution in [3.63, 3.8) is 0 Å². The molecule has 4 atom stereocenters. The molecule has 0 radical (unpaired) electrons. The molecule has 16 heteroatoms.